The summed E-state index contributed by atoms with van der Waals surface area (Å²) in [7, 11) is 0. The fourth-order valence-corrected chi connectivity index (χ4v) is 2.30. The minimum absolute atomic E-state index is 0.381. The molecule has 0 aromatic rings. The third-order valence-electron chi connectivity index (χ3n) is 3.52. The van der Waals surface area contributed by atoms with Crippen LogP contribution in [0.4, 0.5) is 0 Å². The average Bonchev–Trinajstić information content (AvgIpc) is 2.49. The first-order valence-corrected chi connectivity index (χ1v) is 5.44. The van der Waals surface area contributed by atoms with Crippen molar-refractivity contribution in [3.63, 3.8) is 0 Å². The third kappa shape index (κ3) is 2.84. The van der Waals surface area contributed by atoms with Gasteiger partial charge < -0.3 is 5.73 Å². The Hall–Kier alpha value is -0.300. The fourth-order valence-electron chi connectivity index (χ4n) is 2.30. The van der Waals surface area contributed by atoms with Crippen LogP contribution in [0, 0.1) is 5.41 Å². The summed E-state index contributed by atoms with van der Waals surface area (Å²) in [5.41, 5.74) is 7.91. The second-order valence-corrected chi connectivity index (χ2v) is 4.96. The van der Waals surface area contributed by atoms with E-state index in [0.717, 1.165) is 12.8 Å². The van der Waals surface area contributed by atoms with Crippen molar-refractivity contribution in [3.05, 3.63) is 12.2 Å². The molecule has 1 atom stereocenters. The summed E-state index contributed by atoms with van der Waals surface area (Å²) >= 11 is 0. The zero-order valence-electron chi connectivity index (χ0n) is 9.10. The lowest BCUT2D eigenvalue weighted by molar-refractivity contribution is 0.251. The van der Waals surface area contributed by atoms with E-state index in [9.17, 15) is 0 Å². The Balaban J connectivity index is 2.37. The largest absolute Gasteiger partial charge is 0.327 e. The van der Waals surface area contributed by atoms with E-state index in [1.807, 2.05) is 0 Å². The summed E-state index contributed by atoms with van der Waals surface area (Å²) in [5.74, 6) is 0. The standard InChI is InChI=1S/C12H23N/c1-10(2)6-7-11(13)12(3)8-4-5-9-12/h11H,1,4-9,13H2,2-3H3. The summed E-state index contributed by atoms with van der Waals surface area (Å²) in [6, 6.07) is 0.381. The smallest absolute Gasteiger partial charge is 0.00959 e. The fraction of sp³-hybridized carbons (Fsp3) is 0.833. The van der Waals surface area contributed by atoms with Gasteiger partial charge in [0.15, 0.2) is 0 Å². The molecule has 0 radical (unpaired) electrons. The summed E-state index contributed by atoms with van der Waals surface area (Å²) in [5, 5.41) is 0. The molecule has 0 spiro atoms. The predicted molar refractivity (Wildman–Crippen MR) is 58.6 cm³/mol. The van der Waals surface area contributed by atoms with Gasteiger partial charge in [0, 0.05) is 6.04 Å². The van der Waals surface area contributed by atoms with Gasteiger partial charge in [0.1, 0.15) is 0 Å². The van der Waals surface area contributed by atoms with E-state index < -0.39 is 0 Å². The van der Waals surface area contributed by atoms with Crippen LogP contribution >= 0.6 is 0 Å². The molecule has 0 heterocycles. The molecule has 1 aliphatic carbocycles. The van der Waals surface area contributed by atoms with Gasteiger partial charge in [-0.3, -0.25) is 0 Å². The Labute approximate surface area is 82.4 Å². The second kappa shape index (κ2) is 4.28. The molecule has 1 heteroatoms. The molecule has 13 heavy (non-hydrogen) atoms. The number of allylic oxidation sites excluding steroid dienone is 1. The highest BCUT2D eigenvalue weighted by Gasteiger charge is 2.34. The minimum Gasteiger partial charge on any atom is -0.327 e. The van der Waals surface area contributed by atoms with Gasteiger partial charge >= 0.3 is 0 Å². The zero-order valence-corrected chi connectivity index (χ0v) is 9.10. The number of hydrogen-bond acceptors (Lipinski definition) is 1. The van der Waals surface area contributed by atoms with Crippen LogP contribution in [-0.2, 0) is 0 Å². The lowest BCUT2D eigenvalue weighted by Crippen LogP contribution is -2.37. The molecule has 1 rings (SSSR count). The molecular weight excluding hydrogens is 158 g/mol. The van der Waals surface area contributed by atoms with Crippen LogP contribution in [-0.4, -0.2) is 6.04 Å². The normalized spacial score (nSPS) is 23.0. The lowest BCUT2D eigenvalue weighted by Gasteiger charge is -2.31. The van der Waals surface area contributed by atoms with Crippen molar-refractivity contribution < 1.29 is 0 Å². The van der Waals surface area contributed by atoms with E-state index >= 15 is 0 Å². The topological polar surface area (TPSA) is 26.0 Å². The van der Waals surface area contributed by atoms with Gasteiger partial charge in [-0.15, -0.1) is 6.58 Å². The third-order valence-corrected chi connectivity index (χ3v) is 3.52. The minimum atomic E-state index is 0.381. The quantitative estimate of drug-likeness (QED) is 0.662. The first kappa shape index (κ1) is 10.8. The summed E-state index contributed by atoms with van der Waals surface area (Å²) in [6.07, 6.45) is 7.60. The molecular formula is C12H23N. The zero-order chi connectivity index (χ0) is 9.90. The van der Waals surface area contributed by atoms with Gasteiger partial charge in [0.2, 0.25) is 0 Å². The maximum Gasteiger partial charge on any atom is 0.00959 e. The van der Waals surface area contributed by atoms with Crippen molar-refractivity contribution in [1.29, 1.82) is 0 Å². The summed E-state index contributed by atoms with van der Waals surface area (Å²) < 4.78 is 0. The van der Waals surface area contributed by atoms with Crippen molar-refractivity contribution in [3.8, 4) is 0 Å². The van der Waals surface area contributed by atoms with Gasteiger partial charge in [0.25, 0.3) is 0 Å². The highest BCUT2D eigenvalue weighted by molar-refractivity contribution is 4.94. The lowest BCUT2D eigenvalue weighted by atomic mass is 9.79. The van der Waals surface area contributed by atoms with Crippen molar-refractivity contribution in [1.82, 2.24) is 0 Å². The van der Waals surface area contributed by atoms with E-state index in [-0.39, 0.29) is 0 Å². The van der Waals surface area contributed by atoms with Crippen molar-refractivity contribution in [2.45, 2.75) is 58.4 Å². The van der Waals surface area contributed by atoms with Crippen LogP contribution in [0.2, 0.25) is 0 Å². The Morgan fingerprint density at radius 3 is 2.46 bits per heavy atom. The highest BCUT2D eigenvalue weighted by Crippen LogP contribution is 2.41. The molecule has 1 aliphatic rings. The van der Waals surface area contributed by atoms with Crippen molar-refractivity contribution in [2.24, 2.45) is 11.1 Å². The maximum atomic E-state index is 6.22. The van der Waals surface area contributed by atoms with Crippen molar-refractivity contribution in [2.75, 3.05) is 0 Å². The summed E-state index contributed by atoms with van der Waals surface area (Å²) in [6.45, 7) is 8.36. The molecule has 0 amide bonds. The van der Waals surface area contributed by atoms with Crippen molar-refractivity contribution >= 4 is 0 Å². The molecule has 0 aromatic carbocycles. The van der Waals surface area contributed by atoms with E-state index in [2.05, 4.69) is 20.4 Å². The van der Waals surface area contributed by atoms with Gasteiger partial charge in [-0.1, -0.05) is 25.3 Å². The number of nitrogens with two attached hydrogens (primary N) is 1. The molecule has 1 unspecified atom stereocenters. The monoisotopic (exact) mass is 181 g/mol. The van der Waals surface area contributed by atoms with Gasteiger partial charge in [-0.25, -0.2) is 0 Å². The predicted octanol–water partition coefficient (Wildman–Crippen LogP) is 3.25. The van der Waals surface area contributed by atoms with Gasteiger partial charge in [0.05, 0.1) is 0 Å². The van der Waals surface area contributed by atoms with Crippen LogP contribution in [0.5, 0.6) is 0 Å². The van der Waals surface area contributed by atoms with E-state index in [1.165, 1.54) is 31.3 Å². The average molecular weight is 181 g/mol. The van der Waals surface area contributed by atoms with E-state index in [1.54, 1.807) is 0 Å². The molecule has 76 valence electrons. The van der Waals surface area contributed by atoms with Crippen LogP contribution in [0.15, 0.2) is 12.2 Å². The molecule has 0 aromatic heterocycles. The molecule has 1 fully saturated rings. The molecule has 0 aliphatic heterocycles. The molecule has 1 nitrogen and oxygen atoms in total. The van der Waals surface area contributed by atoms with E-state index in [0.29, 0.717) is 11.5 Å². The van der Waals surface area contributed by atoms with Crippen LogP contribution in [0.1, 0.15) is 52.4 Å². The van der Waals surface area contributed by atoms with Crippen LogP contribution in [0.25, 0.3) is 0 Å². The van der Waals surface area contributed by atoms with E-state index in [4.69, 9.17) is 5.73 Å². The van der Waals surface area contributed by atoms with Gasteiger partial charge in [-0.05, 0) is 38.0 Å². The SMILES string of the molecule is C=C(C)CCC(N)C1(C)CCCC1. The molecule has 0 saturated heterocycles. The van der Waals surface area contributed by atoms with Gasteiger partial charge in [-0.2, -0.15) is 0 Å². The molecule has 1 saturated carbocycles. The first-order valence-electron chi connectivity index (χ1n) is 5.44. The second-order valence-electron chi connectivity index (χ2n) is 4.96. The number of rotatable bonds is 4. The molecule has 2 N–H and O–H groups in total. The molecule has 0 bridgehead atoms. The highest BCUT2D eigenvalue weighted by atomic mass is 14.7. The van der Waals surface area contributed by atoms with Crippen LogP contribution < -0.4 is 5.73 Å². The maximum absolute atomic E-state index is 6.22. The Morgan fingerprint density at radius 2 is 2.00 bits per heavy atom. The number of hydrogen-bond donors (Lipinski definition) is 1. The Morgan fingerprint density at radius 1 is 1.46 bits per heavy atom. The van der Waals surface area contributed by atoms with Crippen LogP contribution in [0.3, 0.4) is 0 Å². The summed E-state index contributed by atoms with van der Waals surface area (Å²) in [4.78, 5) is 0. The Kier molecular flexibility index (Phi) is 3.55. The first-order chi connectivity index (χ1) is 6.04. The Bertz CT molecular complexity index is 178.